The smallest absolute Gasteiger partial charge is 0.295 e. The van der Waals surface area contributed by atoms with Crippen LogP contribution in [0.3, 0.4) is 0 Å². The van der Waals surface area contributed by atoms with Gasteiger partial charge in [0.2, 0.25) is 5.60 Å². The van der Waals surface area contributed by atoms with E-state index in [9.17, 15) is 14.9 Å². The van der Waals surface area contributed by atoms with Crippen LogP contribution in [0.2, 0.25) is 0 Å². The van der Waals surface area contributed by atoms with Crippen molar-refractivity contribution in [2.45, 2.75) is 58.6 Å². The molecule has 0 fully saturated rings. The number of hydrogen-bond acceptors (Lipinski definition) is 6. The van der Waals surface area contributed by atoms with Crippen molar-refractivity contribution in [3.8, 4) is 0 Å². The molecule has 2 aromatic carbocycles. The van der Waals surface area contributed by atoms with Crippen molar-refractivity contribution in [1.82, 2.24) is 5.06 Å². The molecule has 0 aliphatic carbocycles. The van der Waals surface area contributed by atoms with Crippen molar-refractivity contribution in [1.29, 1.82) is 0 Å². The molecule has 1 atom stereocenters. The monoisotopic (exact) mass is 442 g/mol. The Balaban J connectivity index is 1.92. The molecular weight excluding hydrogens is 412 g/mol. The lowest BCUT2D eigenvalue weighted by molar-refractivity contribution is -0.779. The van der Waals surface area contributed by atoms with E-state index in [0.717, 1.165) is 45.4 Å². The summed E-state index contributed by atoms with van der Waals surface area (Å²) in [5.74, 6) is -0.977. The second-order valence-corrected chi connectivity index (χ2v) is 8.27. The third kappa shape index (κ3) is 4.70. The topological polar surface area (TPSA) is 95.0 Å². The molecule has 0 bridgehead atoms. The quantitative estimate of drug-likeness (QED) is 0.216. The minimum atomic E-state index is -1.61. The third-order valence-electron chi connectivity index (χ3n) is 5.90. The summed E-state index contributed by atoms with van der Waals surface area (Å²) in [6, 6.07) is 13.4. The molecule has 0 aliphatic rings. The van der Waals surface area contributed by atoms with E-state index in [-0.39, 0.29) is 13.0 Å². The lowest BCUT2D eigenvalue weighted by Crippen LogP contribution is -2.54. The first kappa shape index (κ1) is 23.5. The minimum absolute atomic E-state index is 0.119. The van der Waals surface area contributed by atoms with E-state index >= 15 is 0 Å². The van der Waals surface area contributed by atoms with Crippen LogP contribution in [0, 0.1) is 16.0 Å². The predicted octanol–water partition coefficient (Wildman–Crippen LogP) is 5.66. The summed E-state index contributed by atoms with van der Waals surface area (Å²) in [4.78, 5) is 35.4. The number of furan rings is 1. The average Bonchev–Trinajstić information content (AvgIpc) is 3.14. The zero-order chi connectivity index (χ0) is 23.3. The molecular formula is C24H30N2O6. The summed E-state index contributed by atoms with van der Waals surface area (Å²) in [5, 5.41) is 13.5. The van der Waals surface area contributed by atoms with Crippen LogP contribution >= 0.6 is 0 Å². The molecule has 1 amide bonds. The van der Waals surface area contributed by atoms with Gasteiger partial charge in [0.05, 0.1) is 13.7 Å². The first-order valence-corrected chi connectivity index (χ1v) is 10.9. The number of carbonyl (C=O) groups is 1. The molecule has 8 nitrogen and oxygen atoms in total. The molecule has 0 radical (unpaired) electrons. The highest BCUT2D eigenvalue weighted by molar-refractivity contribution is 6.05. The van der Waals surface area contributed by atoms with Crippen molar-refractivity contribution in [2.24, 2.45) is 5.92 Å². The number of nitrogens with zero attached hydrogens (tertiary/aromatic N) is 2. The number of fused-ring (bicyclic) bond motifs is 3. The van der Waals surface area contributed by atoms with Crippen LogP contribution in [0.1, 0.15) is 52.0 Å². The van der Waals surface area contributed by atoms with E-state index in [1.165, 1.54) is 7.11 Å². The zero-order valence-electron chi connectivity index (χ0n) is 19.0. The molecule has 0 N–H and O–H groups in total. The first-order chi connectivity index (χ1) is 15.3. The summed E-state index contributed by atoms with van der Waals surface area (Å²) in [6.07, 6.45) is 2.65. The molecule has 0 saturated carbocycles. The summed E-state index contributed by atoms with van der Waals surface area (Å²) in [7, 11) is 1.38. The van der Waals surface area contributed by atoms with E-state index in [1.54, 1.807) is 13.8 Å². The van der Waals surface area contributed by atoms with Crippen LogP contribution in [0.15, 0.2) is 46.9 Å². The van der Waals surface area contributed by atoms with Crippen molar-refractivity contribution >= 4 is 27.8 Å². The molecule has 1 aromatic heterocycles. The fourth-order valence-corrected chi connectivity index (χ4v) is 4.07. The Morgan fingerprint density at radius 1 is 1.16 bits per heavy atom. The lowest BCUT2D eigenvalue weighted by atomic mass is 9.84. The fourth-order valence-electron chi connectivity index (χ4n) is 4.07. The van der Waals surface area contributed by atoms with Gasteiger partial charge >= 0.3 is 0 Å². The average molecular weight is 443 g/mol. The van der Waals surface area contributed by atoms with Gasteiger partial charge in [0.25, 0.3) is 11.0 Å². The summed E-state index contributed by atoms with van der Waals surface area (Å²) < 4.78 is 5.86. The number of hydroxylamine groups is 2. The Bertz CT molecular complexity index is 1090. The van der Waals surface area contributed by atoms with E-state index < -0.39 is 22.5 Å². The van der Waals surface area contributed by atoms with Gasteiger partial charge in [0.1, 0.15) is 11.2 Å². The second kappa shape index (κ2) is 9.99. The van der Waals surface area contributed by atoms with Crippen LogP contribution < -0.4 is 0 Å². The molecule has 3 aromatic rings. The molecule has 172 valence electrons. The fraction of sp³-hybridized carbons (Fsp3) is 0.458. The first-order valence-electron chi connectivity index (χ1n) is 10.9. The number of amides is 1. The van der Waals surface area contributed by atoms with Gasteiger partial charge in [-0.2, -0.15) is 0 Å². The van der Waals surface area contributed by atoms with Gasteiger partial charge in [0.15, 0.2) is 0 Å². The Kier molecular flexibility index (Phi) is 7.35. The Morgan fingerprint density at radius 2 is 1.88 bits per heavy atom. The van der Waals surface area contributed by atoms with Gasteiger partial charge in [-0.3, -0.25) is 14.5 Å². The van der Waals surface area contributed by atoms with Crippen LogP contribution in [-0.2, 0) is 21.0 Å². The highest BCUT2D eigenvalue weighted by Crippen LogP contribution is 2.33. The van der Waals surface area contributed by atoms with E-state index in [2.05, 4.69) is 0 Å². The van der Waals surface area contributed by atoms with Gasteiger partial charge < -0.3 is 4.42 Å². The highest BCUT2D eigenvalue weighted by Gasteiger charge is 2.48. The summed E-state index contributed by atoms with van der Waals surface area (Å²) in [5.41, 5.74) is 0.735. The van der Waals surface area contributed by atoms with Crippen LogP contribution in [-0.4, -0.2) is 28.8 Å². The lowest BCUT2D eigenvalue weighted by Gasteiger charge is -2.37. The standard InChI is InChI=1S/C24H30N2O6/c1-5-6-9-14-24(17(2)3,32-26(28)29)23(27)25(30-4)16-18-12-13-22-20(15-18)19-10-7-8-11-21(19)31-22/h7-8,10-13,15,17H,5-6,9,14,16H2,1-4H3. The SMILES string of the molecule is CCCCCC(O[N+](=O)[O-])(C(=O)N(Cc1ccc2oc3ccccc3c2c1)OC)C(C)C. The largest absolute Gasteiger partial charge is 0.456 e. The van der Waals surface area contributed by atoms with Gasteiger partial charge in [-0.15, -0.1) is 10.1 Å². The number of carbonyl (C=O) groups excluding carboxylic acids is 1. The van der Waals surface area contributed by atoms with Gasteiger partial charge in [-0.25, -0.2) is 5.06 Å². The highest BCUT2D eigenvalue weighted by atomic mass is 17.0. The van der Waals surface area contributed by atoms with E-state index in [4.69, 9.17) is 14.1 Å². The number of benzene rings is 2. The Hall–Kier alpha value is -3.13. The number of para-hydroxylation sites is 1. The van der Waals surface area contributed by atoms with Gasteiger partial charge in [0, 0.05) is 10.8 Å². The normalized spacial score (nSPS) is 13.4. The third-order valence-corrected chi connectivity index (χ3v) is 5.90. The van der Waals surface area contributed by atoms with Crippen molar-refractivity contribution in [3.63, 3.8) is 0 Å². The minimum Gasteiger partial charge on any atom is -0.456 e. The molecule has 32 heavy (non-hydrogen) atoms. The van der Waals surface area contributed by atoms with Crippen LogP contribution in [0.25, 0.3) is 21.9 Å². The molecule has 8 heteroatoms. The van der Waals surface area contributed by atoms with Crippen molar-refractivity contribution in [2.75, 3.05) is 7.11 Å². The van der Waals surface area contributed by atoms with E-state index in [0.29, 0.717) is 6.42 Å². The second-order valence-electron chi connectivity index (χ2n) is 8.27. The van der Waals surface area contributed by atoms with Crippen LogP contribution in [0.4, 0.5) is 0 Å². The molecule has 0 spiro atoms. The molecule has 1 unspecified atom stereocenters. The van der Waals surface area contributed by atoms with E-state index in [1.807, 2.05) is 49.4 Å². The Labute approximate surface area is 187 Å². The van der Waals surface area contributed by atoms with Crippen molar-refractivity contribution in [3.05, 3.63) is 58.1 Å². The zero-order valence-corrected chi connectivity index (χ0v) is 19.0. The van der Waals surface area contributed by atoms with Gasteiger partial charge in [-0.05, 0) is 36.1 Å². The maximum atomic E-state index is 13.6. The maximum absolute atomic E-state index is 13.6. The molecule has 0 saturated heterocycles. The predicted molar refractivity (Wildman–Crippen MR) is 121 cm³/mol. The molecule has 3 rings (SSSR count). The summed E-state index contributed by atoms with van der Waals surface area (Å²) >= 11 is 0. The number of rotatable bonds is 11. The molecule has 1 heterocycles. The number of hydrogen-bond donors (Lipinski definition) is 0. The van der Waals surface area contributed by atoms with Crippen molar-refractivity contribution < 1.29 is 24.0 Å². The summed E-state index contributed by atoms with van der Waals surface area (Å²) in [6.45, 7) is 5.66. The molecule has 0 aliphatic heterocycles. The van der Waals surface area contributed by atoms with Gasteiger partial charge in [-0.1, -0.05) is 64.3 Å². The Morgan fingerprint density at radius 3 is 2.53 bits per heavy atom. The maximum Gasteiger partial charge on any atom is 0.295 e. The number of unbranched alkanes of at least 4 members (excludes halogenated alkanes) is 2. The van der Waals surface area contributed by atoms with Crippen LogP contribution in [0.5, 0.6) is 0 Å².